The van der Waals surface area contributed by atoms with E-state index in [0.717, 1.165) is 11.1 Å². The standard InChI is InChI=1S/C25H33N3O4/c1-25(2,3)32-23(29)27-22-20(26)14-15-21(22)28(16-18-10-6-4-7-11-18)24(30)31-17-19-12-8-5-9-13-19/h4-13,20-22H,14-17,26H2,1-3H3,(H,27,29)/t20-,21-,22+/m1/s1. The molecule has 3 atom stereocenters. The van der Waals surface area contributed by atoms with Gasteiger partial charge in [0.25, 0.3) is 0 Å². The average Bonchev–Trinajstić information content (AvgIpc) is 3.10. The van der Waals surface area contributed by atoms with Gasteiger partial charge in [-0.25, -0.2) is 9.59 Å². The van der Waals surface area contributed by atoms with Crippen LogP contribution in [0.1, 0.15) is 44.7 Å². The molecule has 0 aromatic heterocycles. The van der Waals surface area contributed by atoms with Crippen molar-refractivity contribution in [1.29, 1.82) is 0 Å². The normalized spacial score (nSPS) is 20.4. The third-order valence-electron chi connectivity index (χ3n) is 5.39. The lowest BCUT2D eigenvalue weighted by molar-refractivity contribution is 0.0431. The van der Waals surface area contributed by atoms with Gasteiger partial charge in [0, 0.05) is 12.6 Å². The molecule has 0 aliphatic heterocycles. The number of ether oxygens (including phenoxy) is 2. The quantitative estimate of drug-likeness (QED) is 0.703. The first-order valence-electron chi connectivity index (χ1n) is 11.0. The first kappa shape index (κ1) is 23.6. The van der Waals surface area contributed by atoms with Crippen LogP contribution in [0.2, 0.25) is 0 Å². The zero-order chi connectivity index (χ0) is 23.1. The van der Waals surface area contributed by atoms with Gasteiger partial charge >= 0.3 is 12.2 Å². The molecule has 7 heteroatoms. The van der Waals surface area contributed by atoms with Gasteiger partial charge in [-0.2, -0.15) is 0 Å². The van der Waals surface area contributed by atoms with E-state index in [4.69, 9.17) is 15.2 Å². The SMILES string of the molecule is CC(C)(C)OC(=O)N[C@H]1[C@H](N)CC[C@H]1N(Cc1ccccc1)C(=O)OCc1ccccc1. The Morgan fingerprint density at radius 3 is 2.19 bits per heavy atom. The monoisotopic (exact) mass is 439 g/mol. The third-order valence-corrected chi connectivity index (χ3v) is 5.39. The summed E-state index contributed by atoms with van der Waals surface area (Å²) in [6, 6.07) is 18.2. The summed E-state index contributed by atoms with van der Waals surface area (Å²) >= 11 is 0. The van der Waals surface area contributed by atoms with Crippen molar-refractivity contribution in [3.63, 3.8) is 0 Å². The minimum absolute atomic E-state index is 0.175. The molecule has 7 nitrogen and oxygen atoms in total. The Labute approximate surface area is 189 Å². The second-order valence-corrected chi connectivity index (χ2v) is 9.13. The van der Waals surface area contributed by atoms with Crippen molar-refractivity contribution in [1.82, 2.24) is 10.2 Å². The molecule has 1 fully saturated rings. The minimum Gasteiger partial charge on any atom is -0.445 e. The summed E-state index contributed by atoms with van der Waals surface area (Å²) in [5.74, 6) is 0. The van der Waals surface area contributed by atoms with E-state index in [9.17, 15) is 9.59 Å². The van der Waals surface area contributed by atoms with Gasteiger partial charge in [0.2, 0.25) is 0 Å². The first-order chi connectivity index (χ1) is 15.2. The zero-order valence-electron chi connectivity index (χ0n) is 19.0. The van der Waals surface area contributed by atoms with E-state index in [-0.39, 0.29) is 18.7 Å². The van der Waals surface area contributed by atoms with Gasteiger partial charge < -0.3 is 20.5 Å². The van der Waals surface area contributed by atoms with Crippen LogP contribution in [0.25, 0.3) is 0 Å². The average molecular weight is 440 g/mol. The molecule has 1 aliphatic carbocycles. The van der Waals surface area contributed by atoms with Gasteiger partial charge in [0.1, 0.15) is 12.2 Å². The lowest BCUT2D eigenvalue weighted by atomic mass is 10.1. The molecule has 0 bridgehead atoms. The van der Waals surface area contributed by atoms with E-state index >= 15 is 0 Å². The van der Waals surface area contributed by atoms with Crippen LogP contribution in [-0.2, 0) is 22.6 Å². The number of hydrogen-bond acceptors (Lipinski definition) is 5. The van der Waals surface area contributed by atoms with E-state index in [0.29, 0.717) is 19.4 Å². The molecule has 32 heavy (non-hydrogen) atoms. The highest BCUT2D eigenvalue weighted by molar-refractivity contribution is 5.70. The number of alkyl carbamates (subject to hydrolysis) is 1. The topological polar surface area (TPSA) is 93.9 Å². The molecular weight excluding hydrogens is 406 g/mol. The number of nitrogens with one attached hydrogen (secondary N) is 1. The fraction of sp³-hybridized carbons (Fsp3) is 0.440. The van der Waals surface area contributed by atoms with Crippen molar-refractivity contribution in [3.8, 4) is 0 Å². The Balaban J connectivity index is 1.77. The number of hydrogen-bond donors (Lipinski definition) is 2. The lowest BCUT2D eigenvalue weighted by Crippen LogP contribution is -2.56. The van der Waals surface area contributed by atoms with Crippen LogP contribution in [0.5, 0.6) is 0 Å². The highest BCUT2D eigenvalue weighted by atomic mass is 16.6. The van der Waals surface area contributed by atoms with Gasteiger partial charge in [-0.1, -0.05) is 60.7 Å². The van der Waals surface area contributed by atoms with Crippen LogP contribution < -0.4 is 11.1 Å². The van der Waals surface area contributed by atoms with Crippen LogP contribution in [0.4, 0.5) is 9.59 Å². The molecule has 0 saturated heterocycles. The lowest BCUT2D eigenvalue weighted by Gasteiger charge is -2.34. The molecule has 0 unspecified atom stereocenters. The van der Waals surface area contributed by atoms with Crippen molar-refractivity contribution in [2.24, 2.45) is 5.73 Å². The second-order valence-electron chi connectivity index (χ2n) is 9.13. The number of carbonyl (C=O) groups excluding carboxylic acids is 2. The fourth-order valence-corrected chi connectivity index (χ4v) is 3.90. The predicted molar refractivity (Wildman–Crippen MR) is 123 cm³/mol. The summed E-state index contributed by atoms with van der Waals surface area (Å²) in [4.78, 5) is 27.3. The number of benzene rings is 2. The molecule has 3 rings (SSSR count). The molecule has 0 heterocycles. The molecular formula is C25H33N3O4. The van der Waals surface area contributed by atoms with Crippen molar-refractivity contribution in [2.45, 2.75) is 70.5 Å². The van der Waals surface area contributed by atoms with Crippen LogP contribution in [0.3, 0.4) is 0 Å². The Morgan fingerprint density at radius 1 is 1.00 bits per heavy atom. The maximum absolute atomic E-state index is 13.2. The van der Waals surface area contributed by atoms with Crippen LogP contribution in [0.15, 0.2) is 60.7 Å². The molecule has 1 saturated carbocycles. The van der Waals surface area contributed by atoms with E-state index in [1.54, 1.807) is 25.7 Å². The van der Waals surface area contributed by atoms with Crippen LogP contribution in [-0.4, -0.2) is 40.8 Å². The summed E-state index contributed by atoms with van der Waals surface area (Å²) in [6.45, 7) is 5.95. The Hall–Kier alpha value is -3.06. The summed E-state index contributed by atoms with van der Waals surface area (Å²) in [7, 11) is 0. The molecule has 3 N–H and O–H groups in total. The van der Waals surface area contributed by atoms with Gasteiger partial charge in [0.05, 0.1) is 12.1 Å². The maximum Gasteiger partial charge on any atom is 0.410 e. The van der Waals surface area contributed by atoms with Gasteiger partial charge in [-0.05, 0) is 44.7 Å². The third kappa shape index (κ3) is 6.72. The van der Waals surface area contributed by atoms with Crippen molar-refractivity contribution in [3.05, 3.63) is 71.8 Å². The fourth-order valence-electron chi connectivity index (χ4n) is 3.90. The van der Waals surface area contributed by atoms with E-state index in [1.807, 2.05) is 60.7 Å². The van der Waals surface area contributed by atoms with E-state index < -0.39 is 23.8 Å². The van der Waals surface area contributed by atoms with Gasteiger partial charge in [-0.15, -0.1) is 0 Å². The van der Waals surface area contributed by atoms with Gasteiger partial charge in [-0.3, -0.25) is 4.90 Å². The maximum atomic E-state index is 13.2. The van der Waals surface area contributed by atoms with E-state index in [1.165, 1.54) is 0 Å². The summed E-state index contributed by atoms with van der Waals surface area (Å²) in [5, 5.41) is 2.89. The van der Waals surface area contributed by atoms with Crippen molar-refractivity contribution >= 4 is 12.2 Å². The van der Waals surface area contributed by atoms with Gasteiger partial charge in [0.15, 0.2) is 0 Å². The van der Waals surface area contributed by atoms with Crippen LogP contribution in [0, 0.1) is 0 Å². The Morgan fingerprint density at radius 2 is 1.59 bits per heavy atom. The number of amides is 2. The largest absolute Gasteiger partial charge is 0.445 e. The minimum atomic E-state index is -0.624. The predicted octanol–water partition coefficient (Wildman–Crippen LogP) is 4.21. The molecule has 2 aromatic rings. The Bertz CT molecular complexity index is 883. The smallest absolute Gasteiger partial charge is 0.410 e. The highest BCUT2D eigenvalue weighted by Crippen LogP contribution is 2.27. The first-order valence-corrected chi connectivity index (χ1v) is 11.0. The summed E-state index contributed by atoms with van der Waals surface area (Å²) in [5.41, 5.74) is 7.59. The number of nitrogens with two attached hydrogens (primary N) is 1. The Kier molecular flexibility index (Phi) is 7.75. The van der Waals surface area contributed by atoms with Crippen LogP contribution >= 0.6 is 0 Å². The number of rotatable bonds is 6. The van der Waals surface area contributed by atoms with Crippen molar-refractivity contribution < 1.29 is 19.1 Å². The molecule has 172 valence electrons. The molecule has 2 amide bonds. The van der Waals surface area contributed by atoms with Crippen molar-refractivity contribution in [2.75, 3.05) is 0 Å². The molecule has 0 spiro atoms. The zero-order valence-corrected chi connectivity index (χ0v) is 19.0. The number of nitrogens with zero attached hydrogens (tertiary/aromatic N) is 1. The molecule has 2 aromatic carbocycles. The molecule has 0 radical (unpaired) electrons. The number of carbonyl (C=O) groups is 2. The summed E-state index contributed by atoms with van der Waals surface area (Å²) in [6.07, 6.45) is 0.368. The summed E-state index contributed by atoms with van der Waals surface area (Å²) < 4.78 is 11.1. The van der Waals surface area contributed by atoms with E-state index in [2.05, 4.69) is 5.32 Å². The molecule has 1 aliphatic rings. The second kappa shape index (κ2) is 10.5. The highest BCUT2D eigenvalue weighted by Gasteiger charge is 2.41.